The van der Waals surface area contributed by atoms with Gasteiger partial charge in [0, 0.05) is 19.3 Å². The summed E-state index contributed by atoms with van der Waals surface area (Å²) < 4.78 is 36.3. The quantitative estimate of drug-likeness (QED) is 0.0166. The summed E-state index contributed by atoms with van der Waals surface area (Å²) in [4.78, 5) is 41.4. The number of unbranched alkanes of at least 4 members (excludes halogenated alkanes) is 33. The number of ether oxygens (including phenoxy) is 6. The molecule has 0 aromatic rings. The fourth-order valence-corrected chi connectivity index (χ4v) is 10.6. The van der Waals surface area contributed by atoms with E-state index in [2.05, 4.69) is 57.2 Å². The van der Waals surface area contributed by atoms with Gasteiger partial charge in [-0.25, -0.2) is 0 Å². The van der Waals surface area contributed by atoms with Crippen LogP contribution in [0.4, 0.5) is 0 Å². The van der Waals surface area contributed by atoms with Gasteiger partial charge in [-0.1, -0.05) is 211 Å². The smallest absolute Gasteiger partial charge is 0.306 e. The van der Waals surface area contributed by atoms with Gasteiger partial charge >= 0.3 is 17.9 Å². The Kier molecular flexibility index (Phi) is 45.6. The molecule has 0 radical (unpaired) electrons. The molecule has 0 amide bonds. The predicted octanol–water partition coefficient (Wildman–Crippen LogP) is 14.4. The molecular formula is C66H118O14. The van der Waals surface area contributed by atoms with Gasteiger partial charge in [-0.3, -0.25) is 14.4 Å². The van der Waals surface area contributed by atoms with Crippen LogP contribution < -0.4 is 0 Å². The van der Waals surface area contributed by atoms with Crippen molar-refractivity contribution in [2.24, 2.45) is 0 Å². The van der Waals surface area contributed by atoms with Gasteiger partial charge in [0.25, 0.3) is 0 Å². The standard InChI is InChI=1S/C66H118O14/c1-4-7-10-13-16-19-22-25-28-31-34-37-40-43-46-49-57(70)76-61-56(53-68)75-65(80-66(54-69)64(74)60(73)55(52-67)79-66)63(78-59(72)51-48-45-42-39-36-33-30-27-24-21-18-15-12-9-6-3)62(61)77-58(71)50-47-44-41-38-35-32-29-26-23-20-17-14-11-8-5-2/h25-30,55-56,60-65,67-69,73-74H,4-24,31-54H2,1-3H3/b28-25-,29-26-,30-27-/t55-,56-,60-,61-,62+,63-,64+,65-,66-/m1/s1. The van der Waals surface area contributed by atoms with Crippen LogP contribution in [-0.4, -0.2) is 118 Å². The Bertz CT molecular complexity index is 1590. The largest absolute Gasteiger partial charge is 0.455 e. The van der Waals surface area contributed by atoms with Crippen molar-refractivity contribution in [3.8, 4) is 0 Å². The molecule has 0 saturated carbocycles. The van der Waals surface area contributed by atoms with Crippen LogP contribution >= 0.6 is 0 Å². The van der Waals surface area contributed by atoms with E-state index in [4.69, 9.17) is 28.4 Å². The third kappa shape index (κ3) is 33.6. The van der Waals surface area contributed by atoms with E-state index >= 15 is 0 Å². The molecule has 2 fully saturated rings. The normalized spacial score (nSPS) is 23.2. The maximum Gasteiger partial charge on any atom is 0.306 e. The van der Waals surface area contributed by atoms with E-state index in [0.29, 0.717) is 19.3 Å². The molecule has 9 atom stereocenters. The Morgan fingerprint density at radius 2 is 0.700 bits per heavy atom. The van der Waals surface area contributed by atoms with Crippen molar-refractivity contribution in [3.05, 3.63) is 36.5 Å². The zero-order valence-corrected chi connectivity index (χ0v) is 50.8. The Labute approximate surface area is 486 Å². The van der Waals surface area contributed by atoms with Crippen LogP contribution in [0.1, 0.15) is 290 Å². The van der Waals surface area contributed by atoms with E-state index in [-0.39, 0.29) is 19.3 Å². The first-order chi connectivity index (χ1) is 39.1. The third-order valence-electron chi connectivity index (χ3n) is 15.7. The minimum absolute atomic E-state index is 0.00407. The van der Waals surface area contributed by atoms with E-state index < -0.39 is 92.5 Å². The van der Waals surface area contributed by atoms with Crippen LogP contribution in [0.25, 0.3) is 0 Å². The first kappa shape index (κ1) is 73.4. The molecule has 0 bridgehead atoms. The van der Waals surface area contributed by atoms with Gasteiger partial charge in [-0.2, -0.15) is 0 Å². The maximum absolute atomic E-state index is 13.9. The average molecular weight is 1140 g/mol. The second-order valence-corrected chi connectivity index (χ2v) is 23.0. The number of hydrogen-bond donors (Lipinski definition) is 5. The van der Waals surface area contributed by atoms with Crippen LogP contribution in [0.2, 0.25) is 0 Å². The average Bonchev–Trinajstić information content (AvgIpc) is 3.70. The number of esters is 3. The molecule has 14 heteroatoms. The predicted molar refractivity (Wildman–Crippen MR) is 319 cm³/mol. The molecule has 0 aromatic carbocycles. The van der Waals surface area contributed by atoms with E-state index in [0.717, 1.165) is 116 Å². The van der Waals surface area contributed by atoms with Crippen molar-refractivity contribution in [3.63, 3.8) is 0 Å². The van der Waals surface area contributed by atoms with Crippen molar-refractivity contribution in [1.29, 1.82) is 0 Å². The lowest BCUT2D eigenvalue weighted by atomic mass is 9.97. The molecule has 80 heavy (non-hydrogen) atoms. The van der Waals surface area contributed by atoms with Gasteiger partial charge in [-0.05, 0) is 96.3 Å². The molecule has 2 aliphatic heterocycles. The zero-order valence-electron chi connectivity index (χ0n) is 50.8. The summed E-state index contributed by atoms with van der Waals surface area (Å²) in [6.07, 6.45) is 43.5. The second kappa shape index (κ2) is 49.7. The Balaban J connectivity index is 2.15. The van der Waals surface area contributed by atoms with Gasteiger partial charge in [0.15, 0.2) is 18.3 Å². The van der Waals surface area contributed by atoms with Gasteiger partial charge in [0.2, 0.25) is 12.1 Å². The molecule has 2 rings (SSSR count). The first-order valence-corrected chi connectivity index (χ1v) is 32.8. The second-order valence-electron chi connectivity index (χ2n) is 23.0. The topological polar surface area (TPSA) is 208 Å². The minimum atomic E-state index is -2.39. The highest BCUT2D eigenvalue weighted by Crippen LogP contribution is 2.38. The summed E-state index contributed by atoms with van der Waals surface area (Å²) in [5, 5.41) is 53.3. The van der Waals surface area contributed by atoms with Crippen molar-refractivity contribution in [1.82, 2.24) is 0 Å². The minimum Gasteiger partial charge on any atom is -0.455 e. The Morgan fingerprint density at radius 1 is 0.400 bits per heavy atom. The Morgan fingerprint density at radius 3 is 1.01 bits per heavy atom. The third-order valence-corrected chi connectivity index (χ3v) is 15.7. The van der Waals surface area contributed by atoms with Crippen molar-refractivity contribution in [2.75, 3.05) is 19.8 Å². The molecule has 14 nitrogen and oxygen atoms in total. The van der Waals surface area contributed by atoms with Crippen LogP contribution in [0, 0.1) is 0 Å². The van der Waals surface area contributed by atoms with E-state index in [1.807, 2.05) is 0 Å². The molecule has 0 aliphatic carbocycles. The molecule has 0 aromatic heterocycles. The number of aliphatic hydroxyl groups excluding tert-OH is 5. The fourth-order valence-electron chi connectivity index (χ4n) is 10.6. The highest BCUT2D eigenvalue weighted by molar-refractivity contribution is 5.71. The number of aliphatic hydroxyl groups is 5. The number of rotatable bonds is 53. The highest BCUT2D eigenvalue weighted by Gasteiger charge is 2.60. The number of hydrogen-bond acceptors (Lipinski definition) is 14. The molecule has 0 unspecified atom stereocenters. The molecule has 2 saturated heterocycles. The summed E-state index contributed by atoms with van der Waals surface area (Å²) in [6, 6.07) is 0. The summed E-state index contributed by atoms with van der Waals surface area (Å²) in [5.74, 6) is -4.33. The molecule has 2 heterocycles. The molecule has 466 valence electrons. The fraction of sp³-hybridized carbons (Fsp3) is 0.864. The van der Waals surface area contributed by atoms with E-state index in [1.54, 1.807) is 0 Å². The lowest BCUT2D eigenvalue weighted by Crippen LogP contribution is -2.65. The lowest BCUT2D eigenvalue weighted by Gasteiger charge is -2.46. The summed E-state index contributed by atoms with van der Waals surface area (Å²) in [6.45, 7) is 4.20. The van der Waals surface area contributed by atoms with E-state index in [1.165, 1.54) is 116 Å². The van der Waals surface area contributed by atoms with Gasteiger partial charge in [0.05, 0.1) is 13.2 Å². The van der Waals surface area contributed by atoms with Crippen LogP contribution in [0.3, 0.4) is 0 Å². The van der Waals surface area contributed by atoms with Crippen LogP contribution in [-0.2, 0) is 42.8 Å². The number of allylic oxidation sites excluding steroid dienone is 6. The summed E-state index contributed by atoms with van der Waals surface area (Å²) in [7, 11) is 0. The Hall–Kier alpha value is -2.69. The maximum atomic E-state index is 13.9. The first-order valence-electron chi connectivity index (χ1n) is 32.8. The number of carbonyl (C=O) groups excluding carboxylic acids is 3. The van der Waals surface area contributed by atoms with E-state index in [9.17, 15) is 39.9 Å². The number of carbonyl (C=O) groups is 3. The molecular weight excluding hydrogens is 1020 g/mol. The molecule has 2 aliphatic rings. The van der Waals surface area contributed by atoms with Gasteiger partial charge < -0.3 is 54.0 Å². The molecule has 5 N–H and O–H groups in total. The van der Waals surface area contributed by atoms with Crippen molar-refractivity contribution >= 4 is 17.9 Å². The zero-order chi connectivity index (χ0) is 58.2. The van der Waals surface area contributed by atoms with Crippen molar-refractivity contribution < 1.29 is 68.3 Å². The van der Waals surface area contributed by atoms with Crippen LogP contribution in [0.5, 0.6) is 0 Å². The summed E-state index contributed by atoms with van der Waals surface area (Å²) in [5.41, 5.74) is 0. The van der Waals surface area contributed by atoms with Crippen LogP contribution in [0.15, 0.2) is 36.5 Å². The van der Waals surface area contributed by atoms with Gasteiger partial charge in [-0.15, -0.1) is 0 Å². The summed E-state index contributed by atoms with van der Waals surface area (Å²) >= 11 is 0. The van der Waals surface area contributed by atoms with Gasteiger partial charge in [0.1, 0.15) is 31.0 Å². The SMILES string of the molecule is CCCCCCCC/C=C\CCCCCCCC(=O)O[C@@H]1[C@@H](OC(=O)CCCCCCC/C=C\CCCCCCCC)[C@@H](O[C@@]2(CO)O[C@H](CO)[C@@H](O)[C@@H]2O)O[C@H](CO)[C@H]1OC(=O)CCCCCCC/C=C\CCCCCCCC. The lowest BCUT2D eigenvalue weighted by molar-refractivity contribution is -0.384. The molecule has 0 spiro atoms. The highest BCUT2D eigenvalue weighted by atomic mass is 16.8. The monoisotopic (exact) mass is 1130 g/mol. The van der Waals surface area contributed by atoms with Crippen molar-refractivity contribution in [2.45, 2.75) is 345 Å².